The Morgan fingerprint density at radius 2 is 1.96 bits per heavy atom. The van der Waals surface area contributed by atoms with Crippen LogP contribution in [0.2, 0.25) is 0 Å². The van der Waals surface area contributed by atoms with Gasteiger partial charge in [0.2, 0.25) is 0 Å². The normalized spacial score (nSPS) is 13.8. The van der Waals surface area contributed by atoms with Gasteiger partial charge in [0.05, 0.1) is 19.3 Å². The molecule has 3 aromatic rings. The lowest BCUT2D eigenvalue weighted by atomic mass is 10.2. The molecule has 0 amide bonds. The fraction of sp³-hybridized carbons (Fsp3) is 0.278. The third-order valence-corrected chi connectivity index (χ3v) is 4.27. The van der Waals surface area contributed by atoms with E-state index in [1.807, 2.05) is 42.5 Å². The summed E-state index contributed by atoms with van der Waals surface area (Å²) in [5, 5.41) is 12.3. The molecule has 0 aliphatic carbocycles. The predicted molar refractivity (Wildman–Crippen MR) is 93.4 cm³/mol. The highest BCUT2D eigenvalue weighted by atomic mass is 16.5. The Bertz CT molecular complexity index is 875. The van der Waals surface area contributed by atoms with Gasteiger partial charge in [0, 0.05) is 18.2 Å². The Kier molecular flexibility index (Phi) is 3.97. The first kappa shape index (κ1) is 15.4. The zero-order valence-corrected chi connectivity index (χ0v) is 14.2. The monoisotopic (exact) mass is 337 g/mol. The minimum absolute atomic E-state index is 0.556. The van der Waals surface area contributed by atoms with E-state index in [4.69, 9.17) is 9.47 Å². The van der Waals surface area contributed by atoms with Crippen molar-refractivity contribution in [2.45, 2.75) is 13.5 Å². The van der Waals surface area contributed by atoms with Gasteiger partial charge in [-0.2, -0.15) is 4.68 Å². The van der Waals surface area contributed by atoms with Crippen molar-refractivity contribution < 1.29 is 9.47 Å². The number of methoxy groups -OCH3 is 1. The molecule has 0 saturated carbocycles. The fourth-order valence-electron chi connectivity index (χ4n) is 2.88. The van der Waals surface area contributed by atoms with Gasteiger partial charge in [-0.05, 0) is 41.6 Å². The molecular weight excluding hydrogens is 318 g/mol. The molecule has 25 heavy (non-hydrogen) atoms. The average molecular weight is 337 g/mol. The van der Waals surface area contributed by atoms with Gasteiger partial charge in [-0.3, -0.25) is 0 Å². The van der Waals surface area contributed by atoms with E-state index in [0.717, 1.165) is 22.7 Å². The molecule has 1 aliphatic heterocycles. The fourth-order valence-corrected chi connectivity index (χ4v) is 2.88. The third-order valence-electron chi connectivity index (χ3n) is 4.27. The number of benzene rings is 2. The number of tetrazole rings is 1. The highest BCUT2D eigenvalue weighted by Gasteiger charge is 2.21. The molecule has 1 aromatic heterocycles. The van der Waals surface area contributed by atoms with E-state index in [0.29, 0.717) is 25.6 Å². The molecule has 7 nitrogen and oxygen atoms in total. The van der Waals surface area contributed by atoms with E-state index in [9.17, 15) is 0 Å². The molecule has 0 N–H and O–H groups in total. The number of aryl methyl sites for hydroxylation is 1. The largest absolute Gasteiger partial charge is 0.497 e. The zero-order valence-electron chi connectivity index (χ0n) is 14.2. The first-order valence-corrected chi connectivity index (χ1v) is 8.15. The number of nitrogens with zero attached hydrogens (tertiary/aromatic N) is 5. The number of ether oxygens (including phenoxy) is 2. The van der Waals surface area contributed by atoms with Crippen LogP contribution >= 0.6 is 0 Å². The van der Waals surface area contributed by atoms with E-state index in [1.54, 1.807) is 11.8 Å². The summed E-state index contributed by atoms with van der Waals surface area (Å²) >= 11 is 0. The quantitative estimate of drug-likeness (QED) is 0.731. The molecule has 0 bridgehead atoms. The Hall–Kier alpha value is -3.09. The molecular formula is C18H19N5O2. The lowest BCUT2D eigenvalue weighted by molar-refractivity contribution is 0.328. The van der Waals surface area contributed by atoms with Gasteiger partial charge in [0.15, 0.2) is 0 Å². The number of fused-ring (bicyclic) bond motifs is 1. The maximum atomic E-state index is 5.88. The van der Waals surface area contributed by atoms with Gasteiger partial charge in [0.25, 0.3) is 5.95 Å². The second-order valence-corrected chi connectivity index (χ2v) is 5.97. The highest BCUT2D eigenvalue weighted by Crippen LogP contribution is 2.29. The van der Waals surface area contributed by atoms with Crippen LogP contribution in [0.25, 0.3) is 5.69 Å². The summed E-state index contributed by atoms with van der Waals surface area (Å²) < 4.78 is 12.9. The maximum absolute atomic E-state index is 5.88. The number of rotatable bonds is 3. The van der Waals surface area contributed by atoms with Crippen molar-refractivity contribution in [1.82, 2.24) is 20.2 Å². The molecule has 0 atom stereocenters. The summed E-state index contributed by atoms with van der Waals surface area (Å²) in [7, 11) is 1.65. The molecule has 2 heterocycles. The molecule has 128 valence electrons. The number of anilines is 1. The summed E-state index contributed by atoms with van der Waals surface area (Å²) in [6.07, 6.45) is 0. The third kappa shape index (κ3) is 3.00. The highest BCUT2D eigenvalue weighted by molar-refractivity contribution is 5.47. The molecule has 7 heteroatoms. The molecule has 0 fully saturated rings. The first-order chi connectivity index (χ1) is 12.2. The van der Waals surface area contributed by atoms with Crippen LogP contribution < -0.4 is 14.4 Å². The van der Waals surface area contributed by atoms with Crippen molar-refractivity contribution in [3.63, 3.8) is 0 Å². The van der Waals surface area contributed by atoms with Crippen molar-refractivity contribution in [3.8, 4) is 17.2 Å². The molecule has 0 radical (unpaired) electrons. The second kappa shape index (κ2) is 6.43. The second-order valence-electron chi connectivity index (χ2n) is 5.97. The number of hydrogen-bond acceptors (Lipinski definition) is 6. The molecule has 2 aromatic carbocycles. The predicted octanol–water partition coefficient (Wildman–Crippen LogP) is 2.38. The van der Waals surface area contributed by atoms with Crippen molar-refractivity contribution in [1.29, 1.82) is 0 Å². The Labute approximate surface area is 145 Å². The van der Waals surface area contributed by atoms with Crippen LogP contribution in [0.15, 0.2) is 42.5 Å². The Balaban J connectivity index is 1.66. The number of hydrogen-bond donors (Lipinski definition) is 0. The maximum Gasteiger partial charge on any atom is 0.250 e. The van der Waals surface area contributed by atoms with Crippen LogP contribution in [-0.4, -0.2) is 40.5 Å². The molecule has 0 saturated heterocycles. The van der Waals surface area contributed by atoms with Crippen LogP contribution in [0.5, 0.6) is 11.5 Å². The molecule has 1 aliphatic rings. The van der Waals surface area contributed by atoms with E-state index in [-0.39, 0.29) is 0 Å². The van der Waals surface area contributed by atoms with Gasteiger partial charge in [-0.1, -0.05) is 22.8 Å². The van der Waals surface area contributed by atoms with Gasteiger partial charge in [-0.15, -0.1) is 0 Å². The van der Waals surface area contributed by atoms with Gasteiger partial charge >= 0.3 is 0 Å². The summed E-state index contributed by atoms with van der Waals surface area (Å²) in [5.74, 6) is 2.34. The number of aromatic nitrogens is 4. The summed E-state index contributed by atoms with van der Waals surface area (Å²) in [6, 6.07) is 14.0. The van der Waals surface area contributed by atoms with Crippen molar-refractivity contribution in [3.05, 3.63) is 53.6 Å². The van der Waals surface area contributed by atoms with Crippen LogP contribution in [0.4, 0.5) is 5.95 Å². The van der Waals surface area contributed by atoms with Crippen molar-refractivity contribution >= 4 is 5.95 Å². The minimum Gasteiger partial charge on any atom is -0.497 e. The van der Waals surface area contributed by atoms with Crippen LogP contribution in [-0.2, 0) is 6.54 Å². The Morgan fingerprint density at radius 1 is 1.12 bits per heavy atom. The van der Waals surface area contributed by atoms with E-state index in [1.165, 1.54) is 5.56 Å². The summed E-state index contributed by atoms with van der Waals surface area (Å²) in [4.78, 5) is 2.12. The Morgan fingerprint density at radius 3 is 2.76 bits per heavy atom. The van der Waals surface area contributed by atoms with E-state index < -0.39 is 0 Å². The lowest BCUT2D eigenvalue weighted by Gasteiger charge is -2.20. The van der Waals surface area contributed by atoms with E-state index >= 15 is 0 Å². The topological polar surface area (TPSA) is 65.3 Å². The molecule has 4 rings (SSSR count). The minimum atomic E-state index is 0.556. The smallest absolute Gasteiger partial charge is 0.250 e. The van der Waals surface area contributed by atoms with Crippen molar-refractivity contribution in [2.75, 3.05) is 25.2 Å². The van der Waals surface area contributed by atoms with Crippen LogP contribution in [0, 0.1) is 6.92 Å². The SMILES string of the molecule is COc1ccc2c(c1)OCCN(c1nnnn1-c1ccc(C)cc1)C2. The lowest BCUT2D eigenvalue weighted by Crippen LogP contribution is -2.28. The van der Waals surface area contributed by atoms with Gasteiger partial charge < -0.3 is 14.4 Å². The summed E-state index contributed by atoms with van der Waals surface area (Å²) in [6.45, 7) is 3.98. The zero-order chi connectivity index (χ0) is 17.2. The molecule has 0 spiro atoms. The van der Waals surface area contributed by atoms with Gasteiger partial charge in [0.1, 0.15) is 18.1 Å². The summed E-state index contributed by atoms with van der Waals surface area (Å²) in [5.41, 5.74) is 3.21. The standard InChI is InChI=1S/C18H19N5O2/c1-13-3-6-15(7-4-13)23-18(19-20-21-23)22-9-10-25-17-11-16(24-2)8-5-14(17)12-22/h3-8,11H,9-10,12H2,1-2H3. The van der Waals surface area contributed by atoms with Crippen molar-refractivity contribution in [2.24, 2.45) is 0 Å². The first-order valence-electron chi connectivity index (χ1n) is 8.15. The van der Waals surface area contributed by atoms with E-state index in [2.05, 4.69) is 27.3 Å². The van der Waals surface area contributed by atoms with Gasteiger partial charge in [-0.25, -0.2) is 0 Å². The van der Waals surface area contributed by atoms with Crippen LogP contribution in [0.3, 0.4) is 0 Å². The molecule has 0 unspecified atom stereocenters. The average Bonchev–Trinajstić information content (AvgIpc) is 3.02. The van der Waals surface area contributed by atoms with Crippen LogP contribution in [0.1, 0.15) is 11.1 Å².